The molecule has 3 unspecified atom stereocenters. The van der Waals surface area contributed by atoms with Crippen molar-refractivity contribution < 1.29 is 9.84 Å². The summed E-state index contributed by atoms with van der Waals surface area (Å²) in [7, 11) is 0. The van der Waals surface area contributed by atoms with Crippen LogP contribution in [0.25, 0.3) is 0 Å². The van der Waals surface area contributed by atoms with E-state index in [1.54, 1.807) is 0 Å². The Morgan fingerprint density at radius 1 is 1.31 bits per heavy atom. The van der Waals surface area contributed by atoms with Crippen LogP contribution in [-0.2, 0) is 4.74 Å². The molecule has 1 aliphatic heterocycles. The fraction of sp³-hybridized carbons (Fsp3) is 0.923. The van der Waals surface area contributed by atoms with E-state index in [-0.39, 0.29) is 12.2 Å². The number of rotatable bonds is 2. The molecule has 0 amide bonds. The standard InChI is InChI=1S/C13H21NO2/c1-10-5-6-11(16-10)12(15)13(9-14)7-3-2-4-8-13/h10-12,15H,2-8H2,1H3. The molecule has 0 aromatic heterocycles. The zero-order valence-corrected chi connectivity index (χ0v) is 9.98. The Balaban J connectivity index is 2.06. The van der Waals surface area contributed by atoms with Crippen molar-refractivity contribution in [3.05, 3.63) is 0 Å². The maximum atomic E-state index is 10.4. The summed E-state index contributed by atoms with van der Waals surface area (Å²) in [5.74, 6) is 0. The smallest absolute Gasteiger partial charge is 0.0987 e. The molecule has 1 saturated carbocycles. The molecule has 2 aliphatic rings. The van der Waals surface area contributed by atoms with Gasteiger partial charge >= 0.3 is 0 Å². The fourth-order valence-electron chi connectivity index (χ4n) is 3.08. The summed E-state index contributed by atoms with van der Waals surface area (Å²) in [6.07, 6.45) is 6.40. The van der Waals surface area contributed by atoms with E-state index in [0.29, 0.717) is 0 Å². The maximum Gasteiger partial charge on any atom is 0.0987 e. The Bertz CT molecular complexity index is 278. The quantitative estimate of drug-likeness (QED) is 0.782. The Morgan fingerprint density at radius 2 is 2.00 bits per heavy atom. The van der Waals surface area contributed by atoms with Crippen LogP contribution in [0, 0.1) is 16.7 Å². The van der Waals surface area contributed by atoms with Crippen LogP contribution in [0.5, 0.6) is 0 Å². The van der Waals surface area contributed by atoms with Crippen molar-refractivity contribution >= 4 is 0 Å². The van der Waals surface area contributed by atoms with Gasteiger partial charge in [0.1, 0.15) is 0 Å². The summed E-state index contributed by atoms with van der Waals surface area (Å²) >= 11 is 0. The molecule has 0 radical (unpaired) electrons. The highest BCUT2D eigenvalue weighted by Crippen LogP contribution is 2.42. The SMILES string of the molecule is CC1CCC(C(O)C2(C#N)CCCCC2)O1. The second-order valence-corrected chi connectivity index (χ2v) is 5.34. The van der Waals surface area contributed by atoms with Gasteiger partial charge in [-0.1, -0.05) is 19.3 Å². The number of aliphatic hydroxyl groups is 1. The minimum Gasteiger partial charge on any atom is -0.389 e. The second kappa shape index (κ2) is 4.73. The predicted molar refractivity (Wildman–Crippen MR) is 60.7 cm³/mol. The van der Waals surface area contributed by atoms with E-state index in [1.807, 2.05) is 6.92 Å². The molecule has 1 aliphatic carbocycles. The molecular weight excluding hydrogens is 202 g/mol. The van der Waals surface area contributed by atoms with Crippen LogP contribution in [-0.4, -0.2) is 23.4 Å². The summed E-state index contributed by atoms with van der Waals surface area (Å²) in [6.45, 7) is 2.03. The van der Waals surface area contributed by atoms with Gasteiger partial charge in [-0.3, -0.25) is 0 Å². The number of hydrogen-bond donors (Lipinski definition) is 1. The first-order chi connectivity index (χ1) is 7.68. The van der Waals surface area contributed by atoms with Crippen molar-refractivity contribution in [2.75, 3.05) is 0 Å². The van der Waals surface area contributed by atoms with E-state index in [9.17, 15) is 10.4 Å². The maximum absolute atomic E-state index is 10.4. The predicted octanol–water partition coefficient (Wildman–Crippen LogP) is 2.39. The molecule has 0 aromatic carbocycles. The Morgan fingerprint density at radius 3 is 2.50 bits per heavy atom. The topological polar surface area (TPSA) is 53.2 Å². The first-order valence-electron chi connectivity index (χ1n) is 6.43. The number of ether oxygens (including phenoxy) is 1. The van der Waals surface area contributed by atoms with E-state index in [1.165, 1.54) is 6.42 Å². The van der Waals surface area contributed by atoms with Gasteiger partial charge in [0, 0.05) is 0 Å². The molecule has 0 bridgehead atoms. The first-order valence-corrected chi connectivity index (χ1v) is 6.43. The third kappa shape index (κ3) is 2.09. The highest BCUT2D eigenvalue weighted by molar-refractivity contribution is 5.07. The zero-order chi connectivity index (χ0) is 11.6. The molecule has 1 N–H and O–H groups in total. The molecule has 3 atom stereocenters. The third-order valence-electron chi connectivity index (χ3n) is 4.15. The molecule has 1 heterocycles. The van der Waals surface area contributed by atoms with E-state index in [4.69, 9.17) is 4.74 Å². The van der Waals surface area contributed by atoms with E-state index < -0.39 is 11.5 Å². The summed E-state index contributed by atoms with van der Waals surface area (Å²) in [6, 6.07) is 2.38. The van der Waals surface area contributed by atoms with Crippen LogP contribution in [0.15, 0.2) is 0 Å². The van der Waals surface area contributed by atoms with Gasteiger partial charge in [0.05, 0.1) is 29.8 Å². The Hall–Kier alpha value is -0.590. The van der Waals surface area contributed by atoms with E-state index in [0.717, 1.165) is 38.5 Å². The lowest BCUT2D eigenvalue weighted by Gasteiger charge is -2.37. The lowest BCUT2D eigenvalue weighted by Crippen LogP contribution is -2.43. The van der Waals surface area contributed by atoms with Gasteiger partial charge in [0.15, 0.2) is 0 Å². The van der Waals surface area contributed by atoms with Gasteiger partial charge in [-0.2, -0.15) is 5.26 Å². The van der Waals surface area contributed by atoms with E-state index in [2.05, 4.69) is 6.07 Å². The summed E-state index contributed by atoms with van der Waals surface area (Å²) in [4.78, 5) is 0. The molecule has 2 rings (SSSR count). The highest BCUT2D eigenvalue weighted by Gasteiger charge is 2.45. The summed E-state index contributed by atoms with van der Waals surface area (Å²) < 4.78 is 5.70. The Kier molecular flexibility index (Phi) is 3.51. The van der Waals surface area contributed by atoms with Gasteiger partial charge in [-0.05, 0) is 32.6 Å². The third-order valence-corrected chi connectivity index (χ3v) is 4.15. The van der Waals surface area contributed by atoms with Gasteiger partial charge in [-0.25, -0.2) is 0 Å². The van der Waals surface area contributed by atoms with Gasteiger partial charge in [0.2, 0.25) is 0 Å². The van der Waals surface area contributed by atoms with Crippen LogP contribution < -0.4 is 0 Å². The molecular formula is C13H21NO2. The zero-order valence-electron chi connectivity index (χ0n) is 9.98. The summed E-state index contributed by atoms with van der Waals surface area (Å²) in [5, 5.41) is 19.8. The van der Waals surface area contributed by atoms with Crippen LogP contribution in [0.3, 0.4) is 0 Å². The first kappa shape index (κ1) is 11.9. The Labute approximate surface area is 97.4 Å². The number of hydrogen-bond acceptors (Lipinski definition) is 3. The van der Waals surface area contributed by atoms with E-state index >= 15 is 0 Å². The van der Waals surface area contributed by atoms with Crippen LogP contribution in [0.4, 0.5) is 0 Å². The average molecular weight is 223 g/mol. The minimum atomic E-state index is -0.595. The fourth-order valence-corrected chi connectivity index (χ4v) is 3.08. The largest absolute Gasteiger partial charge is 0.389 e. The number of aliphatic hydroxyl groups excluding tert-OH is 1. The van der Waals surface area contributed by atoms with Crippen molar-refractivity contribution in [3.8, 4) is 6.07 Å². The molecule has 3 nitrogen and oxygen atoms in total. The lowest BCUT2D eigenvalue weighted by atomic mass is 9.69. The van der Waals surface area contributed by atoms with Crippen LogP contribution >= 0.6 is 0 Å². The lowest BCUT2D eigenvalue weighted by molar-refractivity contribution is -0.0813. The molecule has 3 heteroatoms. The number of nitrogens with zero attached hydrogens (tertiary/aromatic N) is 1. The molecule has 16 heavy (non-hydrogen) atoms. The van der Waals surface area contributed by atoms with Gasteiger partial charge < -0.3 is 9.84 Å². The highest BCUT2D eigenvalue weighted by atomic mass is 16.5. The average Bonchev–Trinajstić information content (AvgIpc) is 2.76. The van der Waals surface area contributed by atoms with Crippen molar-refractivity contribution in [3.63, 3.8) is 0 Å². The molecule has 1 saturated heterocycles. The number of nitriles is 1. The minimum absolute atomic E-state index is 0.118. The summed E-state index contributed by atoms with van der Waals surface area (Å²) in [5.41, 5.74) is -0.535. The van der Waals surface area contributed by atoms with Crippen LogP contribution in [0.2, 0.25) is 0 Å². The molecule has 90 valence electrons. The van der Waals surface area contributed by atoms with Crippen LogP contribution in [0.1, 0.15) is 51.9 Å². The van der Waals surface area contributed by atoms with Crippen molar-refractivity contribution in [2.24, 2.45) is 5.41 Å². The monoisotopic (exact) mass is 223 g/mol. The van der Waals surface area contributed by atoms with Crippen molar-refractivity contribution in [1.82, 2.24) is 0 Å². The van der Waals surface area contributed by atoms with Gasteiger partial charge in [-0.15, -0.1) is 0 Å². The van der Waals surface area contributed by atoms with Gasteiger partial charge in [0.25, 0.3) is 0 Å². The van der Waals surface area contributed by atoms with Crippen molar-refractivity contribution in [2.45, 2.75) is 70.2 Å². The normalized spacial score (nSPS) is 35.6. The van der Waals surface area contributed by atoms with Crippen molar-refractivity contribution in [1.29, 1.82) is 5.26 Å². The second-order valence-electron chi connectivity index (χ2n) is 5.34. The molecule has 0 spiro atoms. The molecule has 0 aromatic rings. The molecule has 2 fully saturated rings.